The summed E-state index contributed by atoms with van der Waals surface area (Å²) in [6, 6.07) is 0. The Kier molecular flexibility index (Phi) is 6.93. The molecule has 1 atom stereocenters. The second-order valence-corrected chi connectivity index (χ2v) is 8.23. The number of rotatable bonds is 8. The van der Waals surface area contributed by atoms with Gasteiger partial charge in [-0.2, -0.15) is 15.0 Å². The van der Waals surface area contributed by atoms with Crippen molar-refractivity contribution in [1.82, 2.24) is 25.7 Å². The molecule has 1 unspecified atom stereocenters. The van der Waals surface area contributed by atoms with E-state index < -0.39 is 9.84 Å². The van der Waals surface area contributed by atoms with Crippen LogP contribution in [0.15, 0.2) is 0 Å². The molecular weight excluding hydrogens is 364 g/mol. The summed E-state index contributed by atoms with van der Waals surface area (Å²) in [5, 5.41) is 9.41. The summed E-state index contributed by atoms with van der Waals surface area (Å²) in [6.07, 6.45) is 0.664. The highest BCUT2D eigenvalue weighted by Crippen LogP contribution is 2.17. The van der Waals surface area contributed by atoms with Gasteiger partial charge in [-0.25, -0.2) is 8.42 Å². The third kappa shape index (κ3) is 6.46. The van der Waals surface area contributed by atoms with E-state index in [9.17, 15) is 8.42 Å². The highest BCUT2D eigenvalue weighted by molar-refractivity contribution is 7.91. The molecule has 1 aromatic heterocycles. The predicted molar refractivity (Wildman–Crippen MR) is 102 cm³/mol. The van der Waals surface area contributed by atoms with E-state index in [2.05, 4.69) is 41.8 Å². The van der Waals surface area contributed by atoms with Crippen molar-refractivity contribution in [2.24, 2.45) is 5.92 Å². The Morgan fingerprint density at radius 2 is 1.72 bits per heavy atom. The average Bonchev–Trinajstić information content (AvgIpc) is 2.91. The normalized spacial score (nSPS) is 18.4. The first-order chi connectivity index (χ1) is 11.9. The molecule has 0 aromatic carbocycles. The lowest BCUT2D eigenvalue weighted by Crippen LogP contribution is -2.41. The summed E-state index contributed by atoms with van der Waals surface area (Å²) < 4.78 is 22.9. The molecule has 0 spiro atoms. The molecule has 12 heteroatoms. The highest BCUT2D eigenvalue weighted by atomic mass is 32.2. The lowest BCUT2D eigenvalue weighted by atomic mass is 10.1. The molecule has 0 saturated carbocycles. The van der Waals surface area contributed by atoms with Crippen LogP contribution in [-0.4, -0.2) is 59.6 Å². The van der Waals surface area contributed by atoms with Crippen LogP contribution < -0.4 is 26.8 Å². The molecule has 25 heavy (non-hydrogen) atoms. The van der Waals surface area contributed by atoms with Gasteiger partial charge < -0.3 is 16.0 Å². The molecule has 1 aliphatic heterocycles. The summed E-state index contributed by atoms with van der Waals surface area (Å²) >= 11 is 5.18. The van der Waals surface area contributed by atoms with Gasteiger partial charge in [-0.1, -0.05) is 0 Å². The van der Waals surface area contributed by atoms with E-state index in [0.717, 1.165) is 0 Å². The molecule has 0 bridgehead atoms. The number of anilines is 3. The zero-order valence-electron chi connectivity index (χ0n) is 14.3. The SMILES string of the molecule is CCNc1nc(NCC)nc(NNC(=S)NCC2CCS(=O)(=O)C2)n1. The average molecular weight is 389 g/mol. The van der Waals surface area contributed by atoms with E-state index in [-0.39, 0.29) is 17.4 Å². The van der Waals surface area contributed by atoms with E-state index in [4.69, 9.17) is 12.2 Å². The van der Waals surface area contributed by atoms with E-state index >= 15 is 0 Å². The van der Waals surface area contributed by atoms with E-state index in [1.54, 1.807) is 0 Å². The lowest BCUT2D eigenvalue weighted by Gasteiger charge is -2.14. The largest absolute Gasteiger partial charge is 0.361 e. The van der Waals surface area contributed by atoms with Crippen molar-refractivity contribution < 1.29 is 8.42 Å². The molecule has 1 fully saturated rings. The quantitative estimate of drug-likeness (QED) is 0.303. The van der Waals surface area contributed by atoms with Gasteiger partial charge in [0.1, 0.15) is 0 Å². The molecule has 10 nitrogen and oxygen atoms in total. The minimum Gasteiger partial charge on any atom is -0.361 e. The fraction of sp³-hybridized carbons (Fsp3) is 0.692. The van der Waals surface area contributed by atoms with E-state index in [0.29, 0.717) is 49.0 Å². The summed E-state index contributed by atoms with van der Waals surface area (Å²) in [5.74, 6) is 1.77. The molecule has 1 aliphatic rings. The Balaban J connectivity index is 1.84. The number of hydrogen-bond donors (Lipinski definition) is 5. The van der Waals surface area contributed by atoms with Crippen molar-refractivity contribution in [3.63, 3.8) is 0 Å². The topological polar surface area (TPSA) is 133 Å². The summed E-state index contributed by atoms with van der Waals surface area (Å²) in [5.41, 5.74) is 5.61. The van der Waals surface area contributed by atoms with Crippen LogP contribution in [0.25, 0.3) is 0 Å². The number of aromatic nitrogens is 3. The monoisotopic (exact) mass is 388 g/mol. The minimum atomic E-state index is -2.88. The molecule has 0 radical (unpaired) electrons. The smallest absolute Gasteiger partial charge is 0.248 e. The minimum absolute atomic E-state index is 0.0858. The van der Waals surface area contributed by atoms with Gasteiger partial charge >= 0.3 is 0 Å². The van der Waals surface area contributed by atoms with Gasteiger partial charge in [0.05, 0.1) is 11.5 Å². The first kappa shape index (κ1) is 19.4. The maximum absolute atomic E-state index is 11.4. The zero-order chi connectivity index (χ0) is 18.3. The van der Waals surface area contributed by atoms with Crippen LogP contribution in [0.4, 0.5) is 17.8 Å². The molecular formula is C13H24N8O2S2. The molecule has 2 heterocycles. The Bertz CT molecular complexity index is 673. The maximum Gasteiger partial charge on any atom is 0.248 e. The van der Waals surface area contributed by atoms with Gasteiger partial charge in [-0.3, -0.25) is 10.9 Å². The predicted octanol–water partition coefficient (Wildman–Crippen LogP) is -0.0391. The summed E-state index contributed by atoms with van der Waals surface area (Å²) in [7, 11) is -2.88. The Hall–Kier alpha value is -1.95. The summed E-state index contributed by atoms with van der Waals surface area (Å²) in [4.78, 5) is 12.7. The number of hydrazine groups is 1. The van der Waals surface area contributed by atoms with Gasteiger partial charge in [0, 0.05) is 19.6 Å². The molecule has 1 saturated heterocycles. The molecule has 140 valence electrons. The second kappa shape index (κ2) is 8.94. The molecule has 2 rings (SSSR count). The van der Waals surface area contributed by atoms with Crippen molar-refractivity contribution >= 4 is 45.0 Å². The van der Waals surface area contributed by atoms with Gasteiger partial charge in [-0.05, 0) is 38.4 Å². The highest BCUT2D eigenvalue weighted by Gasteiger charge is 2.27. The second-order valence-electron chi connectivity index (χ2n) is 5.60. The number of hydrogen-bond acceptors (Lipinski definition) is 9. The number of sulfone groups is 1. The van der Waals surface area contributed by atoms with Crippen molar-refractivity contribution in [2.75, 3.05) is 47.2 Å². The molecule has 5 N–H and O–H groups in total. The number of nitrogens with zero attached hydrogens (tertiary/aromatic N) is 3. The van der Waals surface area contributed by atoms with Gasteiger partial charge in [-0.15, -0.1) is 0 Å². The van der Waals surface area contributed by atoms with Crippen LogP contribution in [-0.2, 0) is 9.84 Å². The summed E-state index contributed by atoms with van der Waals surface area (Å²) in [6.45, 7) is 5.78. The van der Waals surface area contributed by atoms with Crippen LogP contribution >= 0.6 is 12.2 Å². The third-order valence-electron chi connectivity index (χ3n) is 3.47. The fourth-order valence-electron chi connectivity index (χ4n) is 2.33. The Labute approximate surface area is 152 Å². The first-order valence-corrected chi connectivity index (χ1v) is 10.4. The van der Waals surface area contributed by atoms with Crippen LogP contribution in [0.5, 0.6) is 0 Å². The Morgan fingerprint density at radius 3 is 2.24 bits per heavy atom. The molecule has 0 amide bonds. The maximum atomic E-state index is 11.4. The van der Waals surface area contributed by atoms with Crippen molar-refractivity contribution in [2.45, 2.75) is 20.3 Å². The first-order valence-electron chi connectivity index (χ1n) is 8.16. The van der Waals surface area contributed by atoms with Crippen LogP contribution in [0.3, 0.4) is 0 Å². The molecule has 1 aromatic rings. The third-order valence-corrected chi connectivity index (χ3v) is 5.55. The van der Waals surface area contributed by atoms with Crippen molar-refractivity contribution in [1.29, 1.82) is 0 Å². The number of nitrogens with one attached hydrogen (secondary N) is 5. The van der Waals surface area contributed by atoms with E-state index in [1.165, 1.54) is 0 Å². The number of thiocarbonyl (C=S) groups is 1. The van der Waals surface area contributed by atoms with Gasteiger partial charge in [0.15, 0.2) is 14.9 Å². The fourth-order valence-corrected chi connectivity index (χ4v) is 4.33. The lowest BCUT2D eigenvalue weighted by molar-refractivity contribution is 0.571. The molecule has 0 aliphatic carbocycles. The van der Waals surface area contributed by atoms with Crippen LogP contribution in [0.1, 0.15) is 20.3 Å². The standard InChI is InChI=1S/C13H24N8O2S2/c1-3-14-10-17-11(15-4-2)19-12(18-10)20-21-13(24)16-7-9-5-6-25(22,23)8-9/h9H,3-8H2,1-2H3,(H2,16,21,24)(H3,14,15,17,18,19,20). The van der Waals surface area contributed by atoms with Crippen LogP contribution in [0.2, 0.25) is 0 Å². The Morgan fingerprint density at radius 1 is 1.12 bits per heavy atom. The van der Waals surface area contributed by atoms with Gasteiger partial charge in [0.25, 0.3) is 0 Å². The van der Waals surface area contributed by atoms with E-state index in [1.807, 2.05) is 13.8 Å². The van der Waals surface area contributed by atoms with Crippen molar-refractivity contribution in [3.8, 4) is 0 Å². The van der Waals surface area contributed by atoms with Crippen molar-refractivity contribution in [3.05, 3.63) is 0 Å². The van der Waals surface area contributed by atoms with Crippen LogP contribution in [0, 0.1) is 5.92 Å². The van der Waals surface area contributed by atoms with Gasteiger partial charge in [0.2, 0.25) is 17.8 Å². The zero-order valence-corrected chi connectivity index (χ0v) is 15.9.